The summed E-state index contributed by atoms with van der Waals surface area (Å²) in [4.78, 5) is 0.772. The summed E-state index contributed by atoms with van der Waals surface area (Å²) in [6.45, 7) is 0.00179. The van der Waals surface area contributed by atoms with Gasteiger partial charge in [-0.3, -0.25) is 4.21 Å². The maximum absolute atomic E-state index is 12.4. The summed E-state index contributed by atoms with van der Waals surface area (Å²) >= 11 is 0. The lowest BCUT2D eigenvalue weighted by atomic mass is 10.2. The maximum Gasteiger partial charge on any atom is 0.0681 e. The lowest BCUT2D eigenvalue weighted by Gasteiger charge is -2.06. The van der Waals surface area contributed by atoms with Gasteiger partial charge in [-0.05, 0) is 41.5 Å². The first kappa shape index (κ1) is 14.7. The number of hydrogen-bond acceptors (Lipinski definition) is 3. The van der Waals surface area contributed by atoms with Crippen molar-refractivity contribution in [3.05, 3.63) is 78.1 Å². The molecule has 3 aromatic rings. The molecule has 1 aromatic heterocycles. The molecule has 0 aliphatic carbocycles. The minimum absolute atomic E-state index is 0.00179. The molecule has 4 nitrogen and oxygen atoms in total. The van der Waals surface area contributed by atoms with E-state index >= 15 is 0 Å². The standard InChI is InChI=1S/C17H16N2O2S/c20-12-14-4-8-17(9-5-14)22(21)13-15-2-6-16(7-3-15)19-11-1-10-18-19/h1-11,20H,12-13H2. The first-order chi connectivity index (χ1) is 10.8. The van der Waals surface area contributed by atoms with Crippen LogP contribution in [0.5, 0.6) is 0 Å². The van der Waals surface area contributed by atoms with E-state index in [-0.39, 0.29) is 6.61 Å². The van der Waals surface area contributed by atoms with Crippen molar-refractivity contribution in [3.8, 4) is 5.69 Å². The Morgan fingerprint density at radius 2 is 1.68 bits per heavy atom. The molecule has 0 radical (unpaired) electrons. The molecular formula is C17H16N2O2S. The normalized spacial score (nSPS) is 12.2. The molecule has 112 valence electrons. The van der Waals surface area contributed by atoms with Crippen LogP contribution in [0.15, 0.2) is 71.9 Å². The highest BCUT2D eigenvalue weighted by molar-refractivity contribution is 7.84. The fourth-order valence-corrected chi connectivity index (χ4v) is 3.25. The number of nitrogens with zero attached hydrogens (tertiary/aromatic N) is 2. The number of aliphatic hydroxyl groups excluding tert-OH is 1. The summed E-state index contributed by atoms with van der Waals surface area (Å²) in [5.41, 5.74) is 2.82. The molecule has 3 rings (SSSR count). The van der Waals surface area contributed by atoms with Gasteiger partial charge >= 0.3 is 0 Å². The van der Waals surface area contributed by atoms with E-state index in [0.29, 0.717) is 5.75 Å². The number of hydrogen-bond donors (Lipinski definition) is 1. The molecule has 2 aromatic carbocycles. The molecule has 0 saturated carbocycles. The van der Waals surface area contributed by atoms with Crippen LogP contribution in [0.4, 0.5) is 0 Å². The first-order valence-corrected chi connectivity index (χ1v) is 8.25. The Morgan fingerprint density at radius 1 is 1.00 bits per heavy atom. The summed E-state index contributed by atoms with van der Waals surface area (Å²) in [7, 11) is -1.09. The number of benzene rings is 2. The van der Waals surface area contributed by atoms with E-state index in [0.717, 1.165) is 21.7 Å². The van der Waals surface area contributed by atoms with Crippen LogP contribution in [0.25, 0.3) is 5.69 Å². The number of aliphatic hydroxyl groups is 1. The van der Waals surface area contributed by atoms with E-state index in [4.69, 9.17) is 5.11 Å². The third-order valence-electron chi connectivity index (χ3n) is 3.37. The summed E-state index contributed by atoms with van der Waals surface area (Å²) in [5, 5.41) is 13.2. The fraction of sp³-hybridized carbons (Fsp3) is 0.118. The highest BCUT2D eigenvalue weighted by atomic mass is 32.2. The number of rotatable bonds is 5. The van der Waals surface area contributed by atoms with Crippen molar-refractivity contribution in [2.75, 3.05) is 0 Å². The minimum Gasteiger partial charge on any atom is -0.392 e. The molecule has 0 bridgehead atoms. The van der Waals surface area contributed by atoms with Crippen LogP contribution in [0.1, 0.15) is 11.1 Å². The van der Waals surface area contributed by atoms with Gasteiger partial charge in [0.15, 0.2) is 0 Å². The minimum atomic E-state index is -1.09. The van der Waals surface area contributed by atoms with E-state index in [1.807, 2.05) is 36.5 Å². The molecule has 1 heterocycles. The molecule has 1 atom stereocenters. The van der Waals surface area contributed by atoms with Crippen LogP contribution >= 0.6 is 0 Å². The zero-order valence-corrected chi connectivity index (χ0v) is 12.7. The second-order valence-corrected chi connectivity index (χ2v) is 6.36. The summed E-state index contributed by atoms with van der Waals surface area (Å²) in [6, 6.07) is 17.0. The molecular weight excluding hydrogens is 296 g/mol. The maximum atomic E-state index is 12.4. The van der Waals surface area contributed by atoms with Crippen LogP contribution < -0.4 is 0 Å². The van der Waals surface area contributed by atoms with Gasteiger partial charge in [0.05, 0.1) is 28.8 Å². The highest BCUT2D eigenvalue weighted by Crippen LogP contribution is 2.15. The van der Waals surface area contributed by atoms with Crippen molar-refractivity contribution in [2.24, 2.45) is 0 Å². The molecule has 1 N–H and O–H groups in total. The Labute approximate surface area is 131 Å². The Bertz CT molecular complexity index is 750. The second-order valence-electron chi connectivity index (χ2n) is 4.91. The van der Waals surface area contributed by atoms with Gasteiger partial charge in [-0.2, -0.15) is 5.10 Å². The lowest BCUT2D eigenvalue weighted by molar-refractivity contribution is 0.282. The van der Waals surface area contributed by atoms with E-state index in [2.05, 4.69) is 5.10 Å². The number of aromatic nitrogens is 2. The monoisotopic (exact) mass is 312 g/mol. The van der Waals surface area contributed by atoms with E-state index in [1.54, 1.807) is 35.1 Å². The molecule has 0 aliphatic heterocycles. The molecule has 5 heteroatoms. The Balaban J connectivity index is 1.71. The Hall–Kier alpha value is -2.24. The molecule has 1 unspecified atom stereocenters. The Kier molecular flexibility index (Phi) is 4.46. The second kappa shape index (κ2) is 6.68. The van der Waals surface area contributed by atoms with Crippen molar-refractivity contribution in [1.82, 2.24) is 9.78 Å². The van der Waals surface area contributed by atoms with Crippen molar-refractivity contribution < 1.29 is 9.32 Å². The quantitative estimate of drug-likeness (QED) is 0.788. The molecule has 0 spiro atoms. The predicted molar refractivity (Wildman–Crippen MR) is 86.0 cm³/mol. The van der Waals surface area contributed by atoms with Crippen molar-refractivity contribution in [1.29, 1.82) is 0 Å². The molecule has 0 fully saturated rings. The first-order valence-electron chi connectivity index (χ1n) is 6.93. The van der Waals surface area contributed by atoms with Gasteiger partial charge in [0.25, 0.3) is 0 Å². The van der Waals surface area contributed by atoms with Gasteiger partial charge in [0.1, 0.15) is 0 Å². The summed E-state index contributed by atoms with van der Waals surface area (Å²) in [6.07, 6.45) is 3.62. The third-order valence-corrected chi connectivity index (χ3v) is 4.77. The van der Waals surface area contributed by atoms with Crippen molar-refractivity contribution in [3.63, 3.8) is 0 Å². The van der Waals surface area contributed by atoms with Gasteiger partial charge in [-0.25, -0.2) is 4.68 Å². The van der Waals surface area contributed by atoms with Crippen molar-refractivity contribution >= 4 is 10.8 Å². The molecule has 0 aliphatic rings. The van der Waals surface area contributed by atoms with E-state index in [1.165, 1.54) is 0 Å². The average Bonchev–Trinajstić information content (AvgIpc) is 3.10. The lowest BCUT2D eigenvalue weighted by Crippen LogP contribution is -1.98. The van der Waals surface area contributed by atoms with Crippen LogP contribution in [0.2, 0.25) is 0 Å². The molecule has 22 heavy (non-hydrogen) atoms. The predicted octanol–water partition coefficient (Wildman–Crippen LogP) is 2.67. The summed E-state index contributed by atoms with van der Waals surface area (Å²) < 4.78 is 14.1. The van der Waals surface area contributed by atoms with Crippen LogP contribution in [-0.4, -0.2) is 19.1 Å². The van der Waals surface area contributed by atoms with Gasteiger partial charge < -0.3 is 5.11 Å². The molecule has 0 saturated heterocycles. The zero-order chi connectivity index (χ0) is 15.4. The van der Waals surface area contributed by atoms with E-state index in [9.17, 15) is 4.21 Å². The van der Waals surface area contributed by atoms with Gasteiger partial charge in [-0.15, -0.1) is 0 Å². The van der Waals surface area contributed by atoms with Crippen molar-refractivity contribution in [2.45, 2.75) is 17.3 Å². The van der Waals surface area contributed by atoms with Crippen LogP contribution in [0, 0.1) is 0 Å². The topological polar surface area (TPSA) is 55.1 Å². The summed E-state index contributed by atoms with van der Waals surface area (Å²) in [5.74, 6) is 0.470. The van der Waals surface area contributed by atoms with Gasteiger partial charge in [-0.1, -0.05) is 24.3 Å². The molecule has 0 amide bonds. The van der Waals surface area contributed by atoms with Crippen LogP contribution in [-0.2, 0) is 23.2 Å². The van der Waals surface area contributed by atoms with Crippen LogP contribution in [0.3, 0.4) is 0 Å². The fourth-order valence-electron chi connectivity index (χ4n) is 2.15. The average molecular weight is 312 g/mol. The van der Waals surface area contributed by atoms with Gasteiger partial charge in [0.2, 0.25) is 0 Å². The largest absolute Gasteiger partial charge is 0.392 e. The SMILES string of the molecule is O=S(Cc1ccc(-n2cccn2)cc1)c1ccc(CO)cc1. The smallest absolute Gasteiger partial charge is 0.0681 e. The van der Waals surface area contributed by atoms with E-state index < -0.39 is 10.8 Å². The third kappa shape index (κ3) is 3.32. The van der Waals surface area contributed by atoms with Gasteiger partial charge in [0, 0.05) is 17.3 Å². The Morgan fingerprint density at radius 3 is 2.27 bits per heavy atom. The zero-order valence-electron chi connectivity index (χ0n) is 11.9. The highest BCUT2D eigenvalue weighted by Gasteiger charge is 2.06.